The van der Waals surface area contributed by atoms with Crippen molar-refractivity contribution in [1.29, 1.82) is 0 Å². The van der Waals surface area contributed by atoms with Gasteiger partial charge in [-0.15, -0.1) is 0 Å². The van der Waals surface area contributed by atoms with E-state index in [1.54, 1.807) is 30.3 Å². The van der Waals surface area contributed by atoms with Gasteiger partial charge in [-0.05, 0) is 61.9 Å². The lowest BCUT2D eigenvalue weighted by atomic mass is 10.1. The molecule has 4 aromatic rings. The van der Waals surface area contributed by atoms with E-state index < -0.39 is 0 Å². The number of benzene rings is 3. The lowest BCUT2D eigenvalue weighted by Crippen LogP contribution is -2.14. The van der Waals surface area contributed by atoms with Crippen molar-refractivity contribution in [3.63, 3.8) is 0 Å². The first-order chi connectivity index (χ1) is 14.0. The number of hydrogen-bond donors (Lipinski definition) is 2. The van der Waals surface area contributed by atoms with Gasteiger partial charge in [0.1, 0.15) is 5.58 Å². The molecule has 29 heavy (non-hydrogen) atoms. The third-order valence-corrected chi connectivity index (χ3v) is 4.70. The van der Waals surface area contributed by atoms with E-state index in [4.69, 9.17) is 4.42 Å². The van der Waals surface area contributed by atoms with Gasteiger partial charge in [-0.3, -0.25) is 9.59 Å². The van der Waals surface area contributed by atoms with Gasteiger partial charge in [-0.2, -0.15) is 0 Å². The van der Waals surface area contributed by atoms with Crippen LogP contribution in [0.2, 0.25) is 0 Å². The quantitative estimate of drug-likeness (QED) is 0.484. The van der Waals surface area contributed by atoms with Crippen molar-refractivity contribution in [3.05, 3.63) is 95.2 Å². The third kappa shape index (κ3) is 4.04. The van der Waals surface area contributed by atoms with Crippen LogP contribution in [-0.2, 0) is 0 Å². The van der Waals surface area contributed by atoms with Gasteiger partial charge in [0.2, 0.25) is 0 Å². The highest BCUT2D eigenvalue weighted by Gasteiger charge is 2.14. The van der Waals surface area contributed by atoms with Crippen molar-refractivity contribution in [2.75, 3.05) is 10.6 Å². The molecular formula is C24H20N2O3. The van der Waals surface area contributed by atoms with Gasteiger partial charge in [0.25, 0.3) is 11.8 Å². The van der Waals surface area contributed by atoms with Crippen LogP contribution >= 0.6 is 0 Å². The minimum absolute atomic E-state index is 0.177. The van der Waals surface area contributed by atoms with Crippen LogP contribution in [0, 0.1) is 13.8 Å². The zero-order chi connectivity index (χ0) is 20.4. The van der Waals surface area contributed by atoms with Gasteiger partial charge in [0, 0.05) is 22.3 Å². The highest BCUT2D eigenvalue weighted by Crippen LogP contribution is 2.23. The van der Waals surface area contributed by atoms with Crippen molar-refractivity contribution in [3.8, 4) is 0 Å². The van der Waals surface area contributed by atoms with E-state index in [1.807, 2.05) is 56.3 Å². The van der Waals surface area contributed by atoms with Crippen molar-refractivity contribution in [1.82, 2.24) is 0 Å². The molecule has 1 aromatic heterocycles. The zero-order valence-electron chi connectivity index (χ0n) is 16.2. The summed E-state index contributed by atoms with van der Waals surface area (Å²) in [6.07, 6.45) is 0. The summed E-state index contributed by atoms with van der Waals surface area (Å²) in [6.45, 7) is 3.85. The molecular weight excluding hydrogens is 364 g/mol. The van der Waals surface area contributed by atoms with Gasteiger partial charge >= 0.3 is 0 Å². The largest absolute Gasteiger partial charge is 0.451 e. The molecule has 0 aliphatic carbocycles. The summed E-state index contributed by atoms with van der Waals surface area (Å²) in [7, 11) is 0. The molecule has 5 nitrogen and oxygen atoms in total. The van der Waals surface area contributed by atoms with Crippen LogP contribution in [0.3, 0.4) is 0 Å². The topological polar surface area (TPSA) is 71.3 Å². The lowest BCUT2D eigenvalue weighted by molar-refractivity contribution is 0.0996. The smallest absolute Gasteiger partial charge is 0.291 e. The summed E-state index contributed by atoms with van der Waals surface area (Å²) < 4.78 is 5.61. The molecule has 0 spiro atoms. The summed E-state index contributed by atoms with van der Waals surface area (Å²) in [6, 6.07) is 21.9. The van der Waals surface area contributed by atoms with Crippen LogP contribution in [0.25, 0.3) is 11.0 Å². The van der Waals surface area contributed by atoms with E-state index >= 15 is 0 Å². The van der Waals surface area contributed by atoms with E-state index in [9.17, 15) is 9.59 Å². The Labute approximate surface area is 168 Å². The molecule has 0 saturated carbocycles. The Hall–Kier alpha value is -3.86. The standard InChI is InChI=1S/C24H20N2O3/c1-15-7-9-17(10-8-15)23(27)25-19-11-12-20(16(2)13-19)26-24(28)22-14-18-5-3-4-6-21(18)29-22/h3-14H,1-2H3,(H,25,27)(H,26,28). The Kier molecular flexibility index (Phi) is 4.87. The highest BCUT2D eigenvalue weighted by atomic mass is 16.3. The summed E-state index contributed by atoms with van der Waals surface area (Å²) >= 11 is 0. The molecule has 0 aliphatic heterocycles. The van der Waals surface area contributed by atoms with Crippen molar-refractivity contribution < 1.29 is 14.0 Å². The average molecular weight is 384 g/mol. The van der Waals surface area contributed by atoms with Gasteiger partial charge in [0.05, 0.1) is 0 Å². The Balaban J connectivity index is 1.47. The number of aryl methyl sites for hydroxylation is 2. The molecule has 144 valence electrons. The van der Waals surface area contributed by atoms with Crippen LogP contribution in [0.1, 0.15) is 32.0 Å². The molecule has 4 rings (SSSR count). The second-order valence-corrected chi connectivity index (χ2v) is 6.95. The molecule has 0 radical (unpaired) electrons. The normalized spacial score (nSPS) is 10.7. The second kappa shape index (κ2) is 7.64. The van der Waals surface area contributed by atoms with Crippen LogP contribution in [0.4, 0.5) is 11.4 Å². The molecule has 0 aliphatic rings. The van der Waals surface area contributed by atoms with E-state index in [-0.39, 0.29) is 17.6 Å². The second-order valence-electron chi connectivity index (χ2n) is 6.95. The lowest BCUT2D eigenvalue weighted by Gasteiger charge is -2.11. The number of rotatable bonds is 4. The summed E-state index contributed by atoms with van der Waals surface area (Å²) in [5, 5.41) is 6.62. The molecule has 0 saturated heterocycles. The maximum atomic E-state index is 12.5. The highest BCUT2D eigenvalue weighted by molar-refractivity contribution is 6.06. The number of hydrogen-bond acceptors (Lipinski definition) is 3. The number of fused-ring (bicyclic) bond motifs is 1. The van der Waals surface area contributed by atoms with Crippen molar-refractivity contribution >= 4 is 34.2 Å². The zero-order valence-corrected chi connectivity index (χ0v) is 16.2. The molecule has 0 fully saturated rings. The molecule has 2 N–H and O–H groups in total. The van der Waals surface area contributed by atoms with E-state index in [1.165, 1.54) is 0 Å². The van der Waals surface area contributed by atoms with Crippen LogP contribution in [0.15, 0.2) is 77.2 Å². The third-order valence-electron chi connectivity index (χ3n) is 4.70. The molecule has 0 bridgehead atoms. The maximum Gasteiger partial charge on any atom is 0.291 e. The predicted molar refractivity (Wildman–Crippen MR) is 114 cm³/mol. The Morgan fingerprint density at radius 3 is 2.28 bits per heavy atom. The number of anilines is 2. The van der Waals surface area contributed by atoms with E-state index in [0.29, 0.717) is 22.5 Å². The van der Waals surface area contributed by atoms with Crippen LogP contribution in [0.5, 0.6) is 0 Å². The minimum atomic E-state index is -0.319. The number of carbonyl (C=O) groups excluding carboxylic acids is 2. The first kappa shape index (κ1) is 18.5. The Morgan fingerprint density at radius 1 is 0.793 bits per heavy atom. The van der Waals surface area contributed by atoms with E-state index in [2.05, 4.69) is 10.6 Å². The molecule has 0 unspecified atom stereocenters. The molecule has 5 heteroatoms. The van der Waals surface area contributed by atoms with Gasteiger partial charge in [-0.25, -0.2) is 0 Å². The summed E-state index contributed by atoms with van der Waals surface area (Å²) in [5.41, 5.74) is 4.51. The Morgan fingerprint density at radius 2 is 1.55 bits per heavy atom. The van der Waals surface area contributed by atoms with Crippen molar-refractivity contribution in [2.45, 2.75) is 13.8 Å². The van der Waals surface area contributed by atoms with Gasteiger partial charge in [-0.1, -0.05) is 35.9 Å². The fourth-order valence-electron chi connectivity index (χ4n) is 3.07. The number of carbonyl (C=O) groups is 2. The maximum absolute atomic E-state index is 12.5. The molecule has 3 aromatic carbocycles. The van der Waals surface area contributed by atoms with E-state index in [0.717, 1.165) is 16.5 Å². The van der Waals surface area contributed by atoms with Crippen LogP contribution < -0.4 is 10.6 Å². The number of para-hydroxylation sites is 1. The number of amides is 2. The molecule has 2 amide bonds. The first-order valence-corrected chi connectivity index (χ1v) is 9.28. The minimum Gasteiger partial charge on any atom is -0.451 e. The van der Waals surface area contributed by atoms with Gasteiger partial charge < -0.3 is 15.1 Å². The predicted octanol–water partition coefficient (Wildman–Crippen LogP) is 5.55. The fraction of sp³-hybridized carbons (Fsp3) is 0.0833. The molecule has 0 atom stereocenters. The fourth-order valence-corrected chi connectivity index (χ4v) is 3.07. The first-order valence-electron chi connectivity index (χ1n) is 9.28. The molecule has 1 heterocycles. The number of nitrogens with one attached hydrogen (secondary N) is 2. The van der Waals surface area contributed by atoms with Crippen molar-refractivity contribution in [2.24, 2.45) is 0 Å². The average Bonchev–Trinajstić information content (AvgIpc) is 3.15. The monoisotopic (exact) mass is 384 g/mol. The Bertz CT molecular complexity index is 1170. The summed E-state index contributed by atoms with van der Waals surface area (Å²) in [4.78, 5) is 24.9. The number of furan rings is 1. The summed E-state index contributed by atoms with van der Waals surface area (Å²) in [5.74, 6) is -0.244. The SMILES string of the molecule is Cc1ccc(C(=O)Nc2ccc(NC(=O)c3cc4ccccc4o3)c(C)c2)cc1. The van der Waals surface area contributed by atoms with Crippen LogP contribution in [-0.4, -0.2) is 11.8 Å². The van der Waals surface area contributed by atoms with Gasteiger partial charge in [0.15, 0.2) is 5.76 Å².